The minimum atomic E-state index is -0.185. The second-order valence-electron chi connectivity index (χ2n) is 7.50. The summed E-state index contributed by atoms with van der Waals surface area (Å²) in [6.07, 6.45) is 1.80. The van der Waals surface area contributed by atoms with Crippen molar-refractivity contribution in [1.82, 2.24) is 10.3 Å². The number of anilines is 1. The van der Waals surface area contributed by atoms with Crippen LogP contribution in [-0.4, -0.2) is 16.7 Å². The summed E-state index contributed by atoms with van der Waals surface area (Å²) < 4.78 is 12.0. The van der Waals surface area contributed by atoms with E-state index < -0.39 is 0 Å². The highest BCUT2D eigenvalue weighted by molar-refractivity contribution is 7.99. The molecule has 0 aliphatic carbocycles. The van der Waals surface area contributed by atoms with E-state index in [1.807, 2.05) is 79.7 Å². The van der Waals surface area contributed by atoms with Gasteiger partial charge in [0.2, 0.25) is 0 Å². The van der Waals surface area contributed by atoms with Crippen LogP contribution in [0.5, 0.6) is 5.75 Å². The molecular weight excluding hydrogens is 450 g/mol. The second-order valence-corrected chi connectivity index (χ2v) is 8.96. The molecule has 0 radical (unpaired) electrons. The number of aromatic nitrogens is 1. The van der Waals surface area contributed by atoms with Crippen molar-refractivity contribution < 1.29 is 9.15 Å². The summed E-state index contributed by atoms with van der Waals surface area (Å²) in [4.78, 5) is 7.82. The highest BCUT2D eigenvalue weighted by atomic mass is 32.2. The average Bonchev–Trinajstić information content (AvgIpc) is 3.45. The number of hydrogen-bond acceptors (Lipinski definition) is 5. The smallest absolute Gasteiger partial charge is 0.174 e. The van der Waals surface area contributed by atoms with Gasteiger partial charge in [0.15, 0.2) is 10.2 Å². The lowest BCUT2D eigenvalue weighted by atomic mass is 10.0. The molecule has 1 aliphatic rings. The van der Waals surface area contributed by atoms with Gasteiger partial charge in [-0.1, -0.05) is 36.0 Å². The SMILES string of the molecule is CCOc1ccc(N2C(=S)N[C@H](c3ccccn3)[C@@H]2c2ccc(Sc3ccccc3)o2)cc1. The van der Waals surface area contributed by atoms with Gasteiger partial charge in [0.25, 0.3) is 0 Å². The van der Waals surface area contributed by atoms with Crippen LogP contribution in [0, 0.1) is 0 Å². The molecule has 0 amide bonds. The zero-order valence-corrected chi connectivity index (χ0v) is 19.7. The summed E-state index contributed by atoms with van der Waals surface area (Å²) in [5, 5.41) is 4.93. The minimum Gasteiger partial charge on any atom is -0.494 e. The van der Waals surface area contributed by atoms with E-state index in [0.717, 1.165) is 32.9 Å². The Hall–Kier alpha value is -3.29. The number of furan rings is 1. The quantitative estimate of drug-likeness (QED) is 0.312. The first-order valence-electron chi connectivity index (χ1n) is 10.8. The molecule has 0 bridgehead atoms. The van der Waals surface area contributed by atoms with Gasteiger partial charge in [-0.05, 0) is 79.8 Å². The van der Waals surface area contributed by atoms with Crippen LogP contribution in [-0.2, 0) is 0 Å². The Morgan fingerprint density at radius 2 is 1.79 bits per heavy atom. The standard InChI is InChI=1S/C26H23N3O2S2/c1-2-30-19-13-11-18(12-14-19)29-25(24(28-26(29)32)21-10-6-7-17-27-21)22-15-16-23(31-22)33-20-8-4-3-5-9-20/h3-17,24-25H,2H2,1H3,(H,28,32)/t24-,25+/m1/s1. The molecule has 5 rings (SSSR count). The molecule has 1 saturated heterocycles. The van der Waals surface area contributed by atoms with Crippen molar-refractivity contribution in [2.24, 2.45) is 0 Å². The Bertz CT molecular complexity index is 1210. The third-order valence-electron chi connectivity index (χ3n) is 5.38. The average molecular weight is 474 g/mol. The first-order valence-corrected chi connectivity index (χ1v) is 12.0. The molecule has 0 unspecified atom stereocenters. The van der Waals surface area contributed by atoms with E-state index in [9.17, 15) is 0 Å². The lowest BCUT2D eigenvalue weighted by Gasteiger charge is -2.26. The summed E-state index contributed by atoms with van der Waals surface area (Å²) in [6.45, 7) is 2.60. The predicted octanol–water partition coefficient (Wildman–Crippen LogP) is 6.40. The highest BCUT2D eigenvalue weighted by Gasteiger charge is 2.42. The Balaban J connectivity index is 1.51. The molecule has 1 N–H and O–H groups in total. The molecule has 2 aromatic heterocycles. The van der Waals surface area contributed by atoms with Crippen LogP contribution in [0.15, 0.2) is 106 Å². The number of hydrogen-bond donors (Lipinski definition) is 1. The van der Waals surface area contributed by atoms with E-state index in [1.165, 1.54) is 0 Å². The topological polar surface area (TPSA) is 50.5 Å². The Morgan fingerprint density at radius 3 is 2.52 bits per heavy atom. The van der Waals surface area contributed by atoms with Gasteiger partial charge in [0, 0.05) is 16.8 Å². The summed E-state index contributed by atoms with van der Waals surface area (Å²) in [5.41, 5.74) is 1.87. The summed E-state index contributed by atoms with van der Waals surface area (Å²) in [7, 11) is 0. The number of nitrogens with one attached hydrogen (secondary N) is 1. The summed E-state index contributed by atoms with van der Waals surface area (Å²) in [5.74, 6) is 1.65. The van der Waals surface area contributed by atoms with Gasteiger partial charge in [0.05, 0.1) is 18.3 Å². The second kappa shape index (κ2) is 9.68. The van der Waals surface area contributed by atoms with Gasteiger partial charge in [-0.15, -0.1) is 0 Å². The Labute approximate surface area is 202 Å². The van der Waals surface area contributed by atoms with Crippen molar-refractivity contribution in [1.29, 1.82) is 0 Å². The maximum Gasteiger partial charge on any atom is 0.174 e. The molecule has 7 heteroatoms. The summed E-state index contributed by atoms with van der Waals surface area (Å²) >= 11 is 7.38. The molecule has 4 aromatic rings. The summed E-state index contributed by atoms with van der Waals surface area (Å²) in [6, 6.07) is 27.8. The molecule has 1 aliphatic heterocycles. The van der Waals surface area contributed by atoms with E-state index >= 15 is 0 Å². The molecule has 2 aromatic carbocycles. The van der Waals surface area contributed by atoms with Crippen molar-refractivity contribution in [3.05, 3.63) is 103 Å². The van der Waals surface area contributed by atoms with Crippen LogP contribution in [0.3, 0.4) is 0 Å². The first-order chi connectivity index (χ1) is 16.2. The van der Waals surface area contributed by atoms with Crippen molar-refractivity contribution in [3.63, 3.8) is 0 Å². The van der Waals surface area contributed by atoms with Crippen LogP contribution in [0.25, 0.3) is 0 Å². The fraction of sp³-hybridized carbons (Fsp3) is 0.154. The van der Waals surface area contributed by atoms with E-state index in [0.29, 0.717) is 11.7 Å². The molecular formula is C26H23N3O2S2. The number of pyridine rings is 1. The van der Waals surface area contributed by atoms with E-state index in [2.05, 4.69) is 27.3 Å². The van der Waals surface area contributed by atoms with Crippen molar-refractivity contribution in [3.8, 4) is 5.75 Å². The van der Waals surface area contributed by atoms with Crippen LogP contribution < -0.4 is 15.0 Å². The fourth-order valence-electron chi connectivity index (χ4n) is 3.94. The Kier molecular flexibility index (Phi) is 6.32. The van der Waals surface area contributed by atoms with E-state index in [-0.39, 0.29) is 12.1 Å². The number of thiocarbonyl (C=S) groups is 1. The van der Waals surface area contributed by atoms with Gasteiger partial charge in [0.1, 0.15) is 17.6 Å². The Morgan fingerprint density at radius 1 is 1.00 bits per heavy atom. The van der Waals surface area contributed by atoms with Gasteiger partial charge >= 0.3 is 0 Å². The predicted molar refractivity (Wildman–Crippen MR) is 135 cm³/mol. The van der Waals surface area contributed by atoms with E-state index in [4.69, 9.17) is 21.4 Å². The highest BCUT2D eigenvalue weighted by Crippen LogP contribution is 2.43. The van der Waals surface area contributed by atoms with Gasteiger partial charge in [-0.2, -0.15) is 0 Å². The van der Waals surface area contributed by atoms with Crippen molar-refractivity contribution >= 4 is 34.8 Å². The normalized spacial score (nSPS) is 17.7. The molecule has 1 fully saturated rings. The van der Waals surface area contributed by atoms with Crippen LogP contribution in [0.4, 0.5) is 5.69 Å². The minimum absolute atomic E-state index is 0.147. The number of benzene rings is 2. The zero-order chi connectivity index (χ0) is 22.6. The van der Waals surface area contributed by atoms with Gasteiger partial charge in [-0.25, -0.2) is 0 Å². The third kappa shape index (κ3) is 4.60. The monoisotopic (exact) mass is 473 g/mol. The zero-order valence-electron chi connectivity index (χ0n) is 18.0. The fourth-order valence-corrected chi connectivity index (χ4v) is 5.09. The molecule has 0 spiro atoms. The van der Waals surface area contributed by atoms with Crippen LogP contribution >= 0.6 is 24.0 Å². The first kappa shape index (κ1) is 21.6. The van der Waals surface area contributed by atoms with Crippen molar-refractivity contribution in [2.75, 3.05) is 11.5 Å². The molecule has 166 valence electrons. The molecule has 5 nitrogen and oxygen atoms in total. The van der Waals surface area contributed by atoms with Gasteiger partial charge in [-0.3, -0.25) is 4.98 Å². The molecule has 3 heterocycles. The number of ether oxygens (including phenoxy) is 1. The molecule has 0 saturated carbocycles. The third-order valence-corrected chi connectivity index (χ3v) is 6.62. The largest absolute Gasteiger partial charge is 0.494 e. The molecule has 33 heavy (non-hydrogen) atoms. The van der Waals surface area contributed by atoms with E-state index in [1.54, 1.807) is 18.0 Å². The number of rotatable bonds is 7. The lowest BCUT2D eigenvalue weighted by molar-refractivity contribution is 0.340. The van der Waals surface area contributed by atoms with Crippen molar-refractivity contribution in [2.45, 2.75) is 29.0 Å². The molecule has 2 atom stereocenters. The number of nitrogens with zero attached hydrogens (tertiary/aromatic N) is 2. The van der Waals surface area contributed by atoms with Crippen LogP contribution in [0.1, 0.15) is 30.5 Å². The van der Waals surface area contributed by atoms with Gasteiger partial charge < -0.3 is 19.4 Å². The maximum atomic E-state index is 6.35. The maximum absolute atomic E-state index is 6.35. The van der Waals surface area contributed by atoms with Crippen LogP contribution in [0.2, 0.25) is 0 Å². The lowest BCUT2D eigenvalue weighted by Crippen LogP contribution is -2.29.